The van der Waals surface area contributed by atoms with Crippen LogP contribution in [-0.4, -0.2) is 38.8 Å². The van der Waals surface area contributed by atoms with Crippen LogP contribution in [0.15, 0.2) is 24.3 Å². The zero-order valence-corrected chi connectivity index (χ0v) is 10.2. The normalized spacial score (nSPS) is 17.2. The topological polar surface area (TPSA) is 73.6 Å². The summed E-state index contributed by atoms with van der Waals surface area (Å²) in [5, 5.41) is 3.28. The fraction of sp³-hybridized carbons (Fsp3) is 0.462. The van der Waals surface area contributed by atoms with Gasteiger partial charge in [0.1, 0.15) is 12.4 Å². The zero-order valence-electron chi connectivity index (χ0n) is 10.2. The summed E-state index contributed by atoms with van der Waals surface area (Å²) in [7, 11) is 0. The number of primary amides is 1. The van der Waals surface area contributed by atoms with Crippen LogP contribution in [0.3, 0.4) is 0 Å². The van der Waals surface area contributed by atoms with Crippen molar-refractivity contribution >= 4 is 5.91 Å². The summed E-state index contributed by atoms with van der Waals surface area (Å²) < 4.78 is 10.6. The summed E-state index contributed by atoms with van der Waals surface area (Å²) in [6.45, 7) is 2.73. The van der Waals surface area contributed by atoms with Crippen molar-refractivity contribution in [1.29, 1.82) is 0 Å². The highest BCUT2D eigenvalue weighted by Gasteiger charge is 2.22. The molecule has 98 valence electrons. The Balaban J connectivity index is 1.65. The minimum atomic E-state index is -0.437. The van der Waals surface area contributed by atoms with E-state index in [1.807, 2.05) is 18.2 Å². The first-order valence-electron chi connectivity index (χ1n) is 6.06. The lowest BCUT2D eigenvalue weighted by Crippen LogP contribution is -2.27. The summed E-state index contributed by atoms with van der Waals surface area (Å²) in [6, 6.07) is 8.09. The second-order valence-corrected chi connectivity index (χ2v) is 4.27. The van der Waals surface area contributed by atoms with Crippen LogP contribution in [0.4, 0.5) is 0 Å². The van der Waals surface area contributed by atoms with Crippen molar-refractivity contribution < 1.29 is 14.3 Å². The third-order valence-corrected chi connectivity index (χ3v) is 2.86. The quantitative estimate of drug-likeness (QED) is 0.681. The standard InChI is InChI=1S/C13H18N2O3/c14-13(16)9-17-6-5-15-7-10-8-18-12-4-2-1-3-11(10)12/h1-4,10,15H,5-9H2,(H2,14,16). The largest absolute Gasteiger partial charge is 0.493 e. The minimum absolute atomic E-state index is 0.0168. The van der Waals surface area contributed by atoms with Gasteiger partial charge in [-0.15, -0.1) is 0 Å². The highest BCUT2D eigenvalue weighted by Crippen LogP contribution is 2.32. The third kappa shape index (κ3) is 3.45. The van der Waals surface area contributed by atoms with Crippen LogP contribution in [0.25, 0.3) is 0 Å². The van der Waals surface area contributed by atoms with Gasteiger partial charge in [-0.3, -0.25) is 4.79 Å². The van der Waals surface area contributed by atoms with E-state index in [1.165, 1.54) is 5.56 Å². The predicted molar refractivity (Wildman–Crippen MR) is 67.6 cm³/mol. The Morgan fingerprint density at radius 3 is 3.17 bits per heavy atom. The Labute approximate surface area is 106 Å². The number of nitrogens with two attached hydrogens (primary N) is 1. The molecule has 18 heavy (non-hydrogen) atoms. The van der Waals surface area contributed by atoms with Crippen LogP contribution in [-0.2, 0) is 9.53 Å². The van der Waals surface area contributed by atoms with Crippen LogP contribution >= 0.6 is 0 Å². The molecule has 1 aliphatic heterocycles. The maximum atomic E-state index is 10.4. The summed E-state index contributed by atoms with van der Waals surface area (Å²) >= 11 is 0. The summed E-state index contributed by atoms with van der Waals surface area (Å²) in [5.74, 6) is 0.930. The fourth-order valence-corrected chi connectivity index (χ4v) is 1.99. The second-order valence-electron chi connectivity index (χ2n) is 4.27. The Kier molecular flexibility index (Phi) is 4.55. The molecule has 1 heterocycles. The molecule has 1 aliphatic rings. The van der Waals surface area contributed by atoms with Gasteiger partial charge in [0.25, 0.3) is 0 Å². The number of hydrogen-bond acceptors (Lipinski definition) is 4. The highest BCUT2D eigenvalue weighted by atomic mass is 16.5. The first-order valence-corrected chi connectivity index (χ1v) is 6.06. The van der Waals surface area contributed by atoms with Crippen molar-refractivity contribution in [2.75, 3.05) is 32.9 Å². The van der Waals surface area contributed by atoms with E-state index in [4.69, 9.17) is 15.2 Å². The number of carbonyl (C=O) groups excluding carboxylic acids is 1. The molecule has 1 amide bonds. The van der Waals surface area contributed by atoms with E-state index in [1.54, 1.807) is 0 Å². The van der Waals surface area contributed by atoms with Crippen molar-refractivity contribution in [2.24, 2.45) is 5.73 Å². The lowest BCUT2D eigenvalue weighted by molar-refractivity contribution is -0.122. The summed E-state index contributed by atoms with van der Waals surface area (Å²) in [5.41, 5.74) is 6.21. The lowest BCUT2D eigenvalue weighted by Gasteiger charge is -2.10. The van der Waals surface area contributed by atoms with Gasteiger partial charge in [-0.25, -0.2) is 0 Å². The van der Waals surface area contributed by atoms with Gasteiger partial charge in [-0.2, -0.15) is 0 Å². The van der Waals surface area contributed by atoms with E-state index < -0.39 is 5.91 Å². The van der Waals surface area contributed by atoms with Crippen LogP contribution in [0.5, 0.6) is 5.75 Å². The highest BCUT2D eigenvalue weighted by molar-refractivity contribution is 5.74. The molecular weight excluding hydrogens is 232 g/mol. The zero-order chi connectivity index (χ0) is 12.8. The molecule has 1 aromatic rings. The van der Waals surface area contributed by atoms with Crippen molar-refractivity contribution in [3.8, 4) is 5.75 Å². The number of hydrogen-bond donors (Lipinski definition) is 2. The Hall–Kier alpha value is -1.59. The van der Waals surface area contributed by atoms with Crippen LogP contribution in [0.1, 0.15) is 11.5 Å². The molecule has 0 saturated heterocycles. The summed E-state index contributed by atoms with van der Waals surface area (Å²) in [6.07, 6.45) is 0. The van der Waals surface area contributed by atoms with Gasteiger partial charge in [0, 0.05) is 24.6 Å². The van der Waals surface area contributed by atoms with Crippen molar-refractivity contribution in [1.82, 2.24) is 5.32 Å². The first-order chi connectivity index (χ1) is 8.77. The average Bonchev–Trinajstić information content (AvgIpc) is 2.77. The lowest BCUT2D eigenvalue weighted by atomic mass is 10.0. The molecule has 1 aromatic carbocycles. The molecule has 0 radical (unpaired) electrons. The van der Waals surface area contributed by atoms with Crippen molar-refractivity contribution in [2.45, 2.75) is 5.92 Å². The van der Waals surface area contributed by atoms with E-state index in [9.17, 15) is 4.79 Å². The van der Waals surface area contributed by atoms with Gasteiger partial charge < -0.3 is 20.5 Å². The monoisotopic (exact) mass is 250 g/mol. The maximum absolute atomic E-state index is 10.4. The second kappa shape index (κ2) is 6.37. The van der Waals surface area contributed by atoms with Gasteiger partial charge in [0.15, 0.2) is 0 Å². The van der Waals surface area contributed by atoms with E-state index in [-0.39, 0.29) is 6.61 Å². The average molecular weight is 250 g/mol. The van der Waals surface area contributed by atoms with Gasteiger partial charge in [-0.1, -0.05) is 18.2 Å². The number of fused-ring (bicyclic) bond motifs is 1. The third-order valence-electron chi connectivity index (χ3n) is 2.86. The van der Waals surface area contributed by atoms with Crippen LogP contribution < -0.4 is 15.8 Å². The molecule has 0 bridgehead atoms. The fourth-order valence-electron chi connectivity index (χ4n) is 1.99. The molecule has 3 N–H and O–H groups in total. The number of nitrogens with one attached hydrogen (secondary N) is 1. The Bertz CT molecular complexity index is 409. The molecule has 2 rings (SSSR count). The molecule has 5 nitrogen and oxygen atoms in total. The van der Waals surface area contributed by atoms with Gasteiger partial charge in [0.2, 0.25) is 5.91 Å². The maximum Gasteiger partial charge on any atom is 0.243 e. The molecule has 1 atom stereocenters. The molecular formula is C13H18N2O3. The predicted octanol–water partition coefficient (Wildman–Crippen LogP) is 0.254. The summed E-state index contributed by atoms with van der Waals surface area (Å²) in [4.78, 5) is 10.4. The number of rotatable bonds is 7. The molecule has 5 heteroatoms. The van der Waals surface area contributed by atoms with E-state index in [0.29, 0.717) is 25.7 Å². The first kappa shape index (κ1) is 12.9. The van der Waals surface area contributed by atoms with Gasteiger partial charge in [-0.05, 0) is 6.07 Å². The van der Waals surface area contributed by atoms with Crippen LogP contribution in [0, 0.1) is 0 Å². The molecule has 0 aromatic heterocycles. The molecule has 0 aliphatic carbocycles. The number of carbonyl (C=O) groups is 1. The number of ether oxygens (including phenoxy) is 2. The van der Waals surface area contributed by atoms with Crippen molar-refractivity contribution in [3.05, 3.63) is 29.8 Å². The Morgan fingerprint density at radius 1 is 1.50 bits per heavy atom. The van der Waals surface area contributed by atoms with E-state index in [2.05, 4.69) is 11.4 Å². The van der Waals surface area contributed by atoms with E-state index >= 15 is 0 Å². The molecule has 1 unspecified atom stereocenters. The van der Waals surface area contributed by atoms with Crippen LogP contribution in [0.2, 0.25) is 0 Å². The van der Waals surface area contributed by atoms with E-state index in [0.717, 1.165) is 12.3 Å². The van der Waals surface area contributed by atoms with Crippen molar-refractivity contribution in [3.63, 3.8) is 0 Å². The molecule has 0 fully saturated rings. The number of para-hydroxylation sites is 1. The molecule has 0 saturated carbocycles. The Morgan fingerprint density at radius 2 is 2.33 bits per heavy atom. The number of benzene rings is 1. The van der Waals surface area contributed by atoms with Gasteiger partial charge in [0.05, 0.1) is 13.2 Å². The van der Waals surface area contributed by atoms with Gasteiger partial charge >= 0.3 is 0 Å². The SMILES string of the molecule is NC(=O)COCCNCC1COc2ccccc21. The minimum Gasteiger partial charge on any atom is -0.493 e. The molecule has 0 spiro atoms. The smallest absolute Gasteiger partial charge is 0.243 e. The number of amides is 1.